The number of tetrazole rings is 1. The first-order valence-electron chi connectivity index (χ1n) is 8.75. The molecule has 2 aromatic rings. The Labute approximate surface area is 153 Å². The molecular weight excluding hydrogens is 334 g/mol. The number of likely N-dealkylation sites (tertiary alicyclic amines) is 1. The first-order chi connectivity index (χ1) is 11.9. The predicted molar refractivity (Wildman–Crippen MR) is 98.7 cm³/mol. The van der Waals surface area contributed by atoms with Crippen molar-refractivity contribution in [3.05, 3.63) is 29.8 Å². The molecule has 1 fully saturated rings. The standard InChI is InChI=1S/C18H25N5OS/c1-12-5-7-16(8-6-12)23-18(19-20-21-23)25-15(4)17(24)22-10-13(2)9-14(3)11-22/h5-8,13-15H,9-11H2,1-4H3/t13-,14+,15-/m0/s1. The highest BCUT2D eigenvalue weighted by Crippen LogP contribution is 2.27. The van der Waals surface area contributed by atoms with E-state index < -0.39 is 0 Å². The van der Waals surface area contributed by atoms with Gasteiger partial charge in [0.05, 0.1) is 10.9 Å². The minimum absolute atomic E-state index is 0.168. The van der Waals surface area contributed by atoms with E-state index in [9.17, 15) is 4.79 Å². The van der Waals surface area contributed by atoms with Gasteiger partial charge < -0.3 is 4.90 Å². The fraction of sp³-hybridized carbons (Fsp3) is 0.556. The molecular formula is C18H25N5OS. The zero-order chi connectivity index (χ0) is 18.0. The maximum absolute atomic E-state index is 12.8. The van der Waals surface area contributed by atoms with Gasteiger partial charge in [0, 0.05) is 13.1 Å². The summed E-state index contributed by atoms with van der Waals surface area (Å²) >= 11 is 1.42. The van der Waals surface area contributed by atoms with Crippen molar-refractivity contribution in [3.8, 4) is 5.69 Å². The van der Waals surface area contributed by atoms with E-state index in [2.05, 4.69) is 29.4 Å². The number of amides is 1. The van der Waals surface area contributed by atoms with Crippen LogP contribution >= 0.6 is 11.8 Å². The van der Waals surface area contributed by atoms with Gasteiger partial charge in [-0.1, -0.05) is 43.3 Å². The third-order valence-corrected chi connectivity index (χ3v) is 5.55. The first kappa shape index (κ1) is 17.9. The van der Waals surface area contributed by atoms with Gasteiger partial charge in [0.1, 0.15) is 0 Å². The number of hydrogen-bond acceptors (Lipinski definition) is 5. The molecule has 0 N–H and O–H groups in total. The van der Waals surface area contributed by atoms with Crippen molar-refractivity contribution in [3.63, 3.8) is 0 Å². The largest absolute Gasteiger partial charge is 0.341 e. The van der Waals surface area contributed by atoms with Crippen molar-refractivity contribution in [2.45, 2.75) is 44.5 Å². The number of rotatable bonds is 4. The lowest BCUT2D eigenvalue weighted by molar-refractivity contribution is -0.132. The van der Waals surface area contributed by atoms with E-state index >= 15 is 0 Å². The predicted octanol–water partition coefficient (Wildman–Crippen LogP) is 2.96. The lowest BCUT2D eigenvalue weighted by atomic mass is 9.92. The monoisotopic (exact) mass is 359 g/mol. The van der Waals surface area contributed by atoms with Crippen LogP contribution in [-0.4, -0.2) is 49.4 Å². The van der Waals surface area contributed by atoms with Crippen molar-refractivity contribution in [1.29, 1.82) is 0 Å². The molecule has 0 aliphatic carbocycles. The second-order valence-corrected chi connectivity index (χ2v) is 8.47. The summed E-state index contributed by atoms with van der Waals surface area (Å²) in [5.41, 5.74) is 2.08. The molecule has 1 saturated heterocycles. The molecule has 1 aromatic carbocycles. The van der Waals surface area contributed by atoms with Crippen LogP contribution in [0.1, 0.15) is 32.8 Å². The van der Waals surface area contributed by atoms with Crippen molar-refractivity contribution < 1.29 is 4.79 Å². The molecule has 0 saturated carbocycles. The van der Waals surface area contributed by atoms with E-state index in [1.165, 1.54) is 23.7 Å². The van der Waals surface area contributed by atoms with Gasteiger partial charge in [-0.05, 0) is 54.7 Å². The molecule has 1 amide bonds. The summed E-state index contributed by atoms with van der Waals surface area (Å²) in [5.74, 6) is 1.28. The molecule has 7 heteroatoms. The zero-order valence-corrected chi connectivity index (χ0v) is 16.0. The quantitative estimate of drug-likeness (QED) is 0.785. The van der Waals surface area contributed by atoms with Crippen LogP contribution < -0.4 is 0 Å². The van der Waals surface area contributed by atoms with Gasteiger partial charge in [0.15, 0.2) is 0 Å². The average Bonchev–Trinajstić information content (AvgIpc) is 3.02. The smallest absolute Gasteiger partial charge is 0.235 e. The summed E-state index contributed by atoms with van der Waals surface area (Å²) in [4.78, 5) is 14.8. The lowest BCUT2D eigenvalue weighted by Gasteiger charge is -2.36. The zero-order valence-electron chi connectivity index (χ0n) is 15.2. The summed E-state index contributed by atoms with van der Waals surface area (Å²) < 4.78 is 1.69. The van der Waals surface area contributed by atoms with Gasteiger partial charge >= 0.3 is 0 Å². The normalized spacial score (nSPS) is 22.0. The third-order valence-electron chi connectivity index (χ3n) is 4.53. The number of aromatic nitrogens is 4. The number of thioether (sulfide) groups is 1. The summed E-state index contributed by atoms with van der Waals surface area (Å²) in [6.07, 6.45) is 1.19. The molecule has 0 radical (unpaired) electrons. The molecule has 0 bridgehead atoms. The number of carbonyl (C=O) groups is 1. The Bertz CT molecular complexity index is 719. The van der Waals surface area contributed by atoms with Gasteiger partial charge in [-0.15, -0.1) is 5.10 Å². The first-order valence-corrected chi connectivity index (χ1v) is 9.63. The van der Waals surface area contributed by atoms with Crippen LogP contribution in [0.25, 0.3) is 5.69 Å². The molecule has 3 atom stereocenters. The maximum Gasteiger partial charge on any atom is 0.235 e. The van der Waals surface area contributed by atoms with Gasteiger partial charge in [0.25, 0.3) is 0 Å². The van der Waals surface area contributed by atoms with Crippen molar-refractivity contribution >= 4 is 17.7 Å². The Morgan fingerprint density at radius 2 is 1.84 bits per heavy atom. The Morgan fingerprint density at radius 1 is 1.20 bits per heavy atom. The number of benzene rings is 1. The van der Waals surface area contributed by atoms with Crippen molar-refractivity contribution in [2.24, 2.45) is 11.8 Å². The topological polar surface area (TPSA) is 63.9 Å². The second kappa shape index (κ2) is 7.56. The number of hydrogen-bond donors (Lipinski definition) is 0. The molecule has 0 unspecified atom stereocenters. The van der Waals surface area contributed by atoms with E-state index in [-0.39, 0.29) is 11.2 Å². The fourth-order valence-electron chi connectivity index (χ4n) is 3.41. The van der Waals surface area contributed by atoms with Gasteiger partial charge in [-0.2, -0.15) is 4.68 Å². The van der Waals surface area contributed by atoms with Crippen LogP contribution in [0.2, 0.25) is 0 Å². The van der Waals surface area contributed by atoms with E-state index in [0.29, 0.717) is 17.0 Å². The second-order valence-electron chi connectivity index (χ2n) is 7.16. The molecule has 6 nitrogen and oxygen atoms in total. The minimum atomic E-state index is -0.215. The average molecular weight is 359 g/mol. The van der Waals surface area contributed by atoms with Crippen LogP contribution in [0, 0.1) is 18.8 Å². The van der Waals surface area contributed by atoms with Gasteiger partial charge in [0.2, 0.25) is 11.1 Å². The van der Waals surface area contributed by atoms with E-state index in [0.717, 1.165) is 18.8 Å². The Morgan fingerprint density at radius 3 is 2.48 bits per heavy atom. The molecule has 0 spiro atoms. The summed E-state index contributed by atoms with van der Waals surface area (Å²) in [5, 5.41) is 12.4. The minimum Gasteiger partial charge on any atom is -0.341 e. The van der Waals surface area contributed by atoms with Gasteiger partial charge in [-0.25, -0.2) is 0 Å². The molecule has 1 aromatic heterocycles. The molecule has 25 heavy (non-hydrogen) atoms. The maximum atomic E-state index is 12.8. The van der Waals surface area contributed by atoms with E-state index in [4.69, 9.17) is 0 Å². The fourth-order valence-corrected chi connectivity index (χ4v) is 4.30. The molecule has 2 heterocycles. The summed E-state index contributed by atoms with van der Waals surface area (Å²) in [6, 6.07) is 8.01. The Hall–Kier alpha value is -1.89. The Kier molecular flexibility index (Phi) is 5.42. The van der Waals surface area contributed by atoms with Crippen LogP contribution in [0.3, 0.4) is 0 Å². The summed E-state index contributed by atoms with van der Waals surface area (Å²) in [6.45, 7) is 10.1. The number of nitrogens with zero attached hydrogens (tertiary/aromatic N) is 5. The third kappa shape index (κ3) is 4.21. The molecule has 1 aliphatic heterocycles. The lowest BCUT2D eigenvalue weighted by Crippen LogP contribution is -2.45. The van der Waals surface area contributed by atoms with Crippen LogP contribution in [0.5, 0.6) is 0 Å². The van der Waals surface area contributed by atoms with E-state index in [1.54, 1.807) is 4.68 Å². The number of carbonyl (C=O) groups excluding carboxylic acids is 1. The Balaban J connectivity index is 1.71. The number of piperidine rings is 1. The van der Waals surface area contributed by atoms with Crippen LogP contribution in [-0.2, 0) is 4.79 Å². The molecule has 1 aliphatic rings. The van der Waals surface area contributed by atoms with Crippen molar-refractivity contribution in [2.75, 3.05) is 13.1 Å². The highest BCUT2D eigenvalue weighted by atomic mass is 32.2. The van der Waals surface area contributed by atoms with Crippen LogP contribution in [0.15, 0.2) is 29.4 Å². The number of aryl methyl sites for hydroxylation is 1. The van der Waals surface area contributed by atoms with E-state index in [1.807, 2.05) is 43.0 Å². The van der Waals surface area contributed by atoms with Crippen LogP contribution in [0.4, 0.5) is 0 Å². The molecule has 134 valence electrons. The SMILES string of the molecule is Cc1ccc(-n2nnnc2S[C@@H](C)C(=O)N2C[C@H](C)C[C@H](C)C2)cc1. The highest BCUT2D eigenvalue weighted by molar-refractivity contribution is 8.00. The van der Waals surface area contributed by atoms with Gasteiger partial charge in [-0.3, -0.25) is 4.79 Å². The van der Waals surface area contributed by atoms with Crippen molar-refractivity contribution in [1.82, 2.24) is 25.1 Å². The highest BCUT2D eigenvalue weighted by Gasteiger charge is 2.29. The summed E-state index contributed by atoms with van der Waals surface area (Å²) in [7, 11) is 0. The molecule has 3 rings (SSSR count).